The molecule has 1 aromatic carbocycles. The second-order valence-corrected chi connectivity index (χ2v) is 4.51. The molecule has 1 aliphatic carbocycles. The van der Waals surface area contributed by atoms with Crippen LogP contribution in [0.4, 0.5) is 0 Å². The van der Waals surface area contributed by atoms with E-state index in [2.05, 4.69) is 39.4 Å². The highest BCUT2D eigenvalue weighted by Gasteiger charge is 2.25. The van der Waals surface area contributed by atoms with Gasteiger partial charge in [-0.25, -0.2) is 0 Å². The van der Waals surface area contributed by atoms with Gasteiger partial charge in [0, 0.05) is 11.0 Å². The summed E-state index contributed by atoms with van der Waals surface area (Å²) in [7, 11) is 1.97. The maximum absolute atomic E-state index is 3.63. The lowest BCUT2D eigenvalue weighted by molar-refractivity contribution is 0.816. The second-order valence-electron chi connectivity index (χ2n) is 3.66. The number of hydrogen-bond donors (Lipinski definition) is 1. The molecule has 1 N–H and O–H groups in total. The van der Waals surface area contributed by atoms with E-state index in [1.165, 1.54) is 28.4 Å². The summed E-state index contributed by atoms with van der Waals surface area (Å²) in [5, 5.41) is 3.15. The molecule has 1 aromatic rings. The first-order valence-corrected chi connectivity index (χ1v) is 5.53. The fourth-order valence-corrected chi connectivity index (χ4v) is 2.36. The molecule has 1 fully saturated rings. The van der Waals surface area contributed by atoms with Gasteiger partial charge >= 0.3 is 0 Å². The highest BCUT2D eigenvalue weighted by Crippen LogP contribution is 2.43. The molecule has 0 heterocycles. The predicted octanol–water partition coefficient (Wildman–Crippen LogP) is 3.05. The highest BCUT2D eigenvalue weighted by atomic mass is 79.9. The van der Waals surface area contributed by atoms with E-state index in [9.17, 15) is 0 Å². The van der Waals surface area contributed by atoms with Crippen molar-refractivity contribution in [2.75, 3.05) is 7.05 Å². The van der Waals surface area contributed by atoms with Crippen molar-refractivity contribution in [2.24, 2.45) is 0 Å². The van der Waals surface area contributed by atoms with Gasteiger partial charge in [0.15, 0.2) is 0 Å². The molecule has 2 rings (SSSR count). The van der Waals surface area contributed by atoms with Crippen LogP contribution in [0.1, 0.15) is 29.9 Å². The topological polar surface area (TPSA) is 12.0 Å². The maximum atomic E-state index is 3.63. The number of halogens is 1. The zero-order valence-electron chi connectivity index (χ0n) is 7.81. The summed E-state index contributed by atoms with van der Waals surface area (Å²) >= 11 is 3.63. The summed E-state index contributed by atoms with van der Waals surface area (Å²) in [5.74, 6) is 0.831. The quantitative estimate of drug-likeness (QED) is 0.856. The molecular weight excluding hydrogens is 226 g/mol. The number of nitrogens with one attached hydrogen (secondary N) is 1. The van der Waals surface area contributed by atoms with E-state index in [0.29, 0.717) is 0 Å². The average molecular weight is 240 g/mol. The summed E-state index contributed by atoms with van der Waals surface area (Å²) < 4.78 is 1.28. The van der Waals surface area contributed by atoms with Crippen LogP contribution >= 0.6 is 15.9 Å². The molecule has 1 nitrogen and oxygen atoms in total. The second kappa shape index (κ2) is 3.81. The number of rotatable bonds is 3. The molecule has 2 heteroatoms. The van der Waals surface area contributed by atoms with Gasteiger partial charge in [0.2, 0.25) is 0 Å². The molecule has 0 atom stereocenters. The number of hydrogen-bond acceptors (Lipinski definition) is 1. The molecule has 0 bridgehead atoms. The molecule has 1 aliphatic rings. The maximum Gasteiger partial charge on any atom is 0.0213 e. The molecule has 13 heavy (non-hydrogen) atoms. The van der Waals surface area contributed by atoms with Gasteiger partial charge in [0.25, 0.3) is 0 Å². The minimum atomic E-state index is 0.831. The third kappa shape index (κ3) is 2.12. The molecule has 0 radical (unpaired) electrons. The van der Waals surface area contributed by atoms with Gasteiger partial charge in [-0.1, -0.05) is 28.1 Å². The van der Waals surface area contributed by atoms with Crippen molar-refractivity contribution < 1.29 is 0 Å². The molecule has 0 aliphatic heterocycles. The third-order valence-electron chi connectivity index (χ3n) is 2.46. The largest absolute Gasteiger partial charge is 0.316 e. The van der Waals surface area contributed by atoms with Crippen molar-refractivity contribution in [3.63, 3.8) is 0 Å². The lowest BCUT2D eigenvalue weighted by Crippen LogP contribution is -2.04. The summed E-state index contributed by atoms with van der Waals surface area (Å²) in [6, 6.07) is 6.70. The lowest BCUT2D eigenvalue weighted by Gasteiger charge is -2.05. The number of benzene rings is 1. The van der Waals surface area contributed by atoms with E-state index in [4.69, 9.17) is 0 Å². The van der Waals surface area contributed by atoms with Crippen LogP contribution in [0, 0.1) is 0 Å². The average Bonchev–Trinajstić information content (AvgIpc) is 2.88. The highest BCUT2D eigenvalue weighted by molar-refractivity contribution is 9.10. The Morgan fingerprint density at radius 1 is 1.46 bits per heavy atom. The first-order valence-electron chi connectivity index (χ1n) is 4.74. The van der Waals surface area contributed by atoms with Crippen LogP contribution in [0.15, 0.2) is 22.7 Å². The van der Waals surface area contributed by atoms with Crippen molar-refractivity contribution in [3.05, 3.63) is 33.8 Å². The van der Waals surface area contributed by atoms with Gasteiger partial charge in [-0.15, -0.1) is 0 Å². The van der Waals surface area contributed by atoms with Crippen LogP contribution in [0.5, 0.6) is 0 Å². The summed E-state index contributed by atoms with van der Waals surface area (Å²) in [4.78, 5) is 0. The molecule has 70 valence electrons. The van der Waals surface area contributed by atoms with Gasteiger partial charge in [-0.3, -0.25) is 0 Å². The zero-order valence-corrected chi connectivity index (χ0v) is 9.39. The fourth-order valence-electron chi connectivity index (χ4n) is 1.61. The summed E-state index contributed by atoms with van der Waals surface area (Å²) in [5.41, 5.74) is 2.83. The van der Waals surface area contributed by atoms with Gasteiger partial charge in [-0.05, 0) is 43.0 Å². The van der Waals surface area contributed by atoms with E-state index < -0.39 is 0 Å². The Bertz CT molecular complexity index is 305. The van der Waals surface area contributed by atoms with E-state index in [0.717, 1.165) is 12.5 Å². The monoisotopic (exact) mass is 239 g/mol. The SMILES string of the molecule is CNCc1ccc(C2CC2)c(Br)c1. The van der Waals surface area contributed by atoms with Crippen molar-refractivity contribution in [2.45, 2.75) is 25.3 Å². The fraction of sp³-hybridized carbons (Fsp3) is 0.455. The van der Waals surface area contributed by atoms with Gasteiger partial charge in [0.05, 0.1) is 0 Å². The Hall–Kier alpha value is -0.340. The first-order chi connectivity index (χ1) is 6.31. The first kappa shape index (κ1) is 9.22. The van der Waals surface area contributed by atoms with E-state index >= 15 is 0 Å². The summed E-state index contributed by atoms with van der Waals surface area (Å²) in [6.07, 6.45) is 2.73. The Balaban J connectivity index is 2.21. The standard InChI is InChI=1S/C11H14BrN/c1-13-7-8-2-5-10(9-3-4-9)11(12)6-8/h2,5-6,9,13H,3-4,7H2,1H3. The van der Waals surface area contributed by atoms with Gasteiger partial charge in [-0.2, -0.15) is 0 Å². The van der Waals surface area contributed by atoms with Crippen molar-refractivity contribution in [1.29, 1.82) is 0 Å². The lowest BCUT2D eigenvalue weighted by atomic mass is 10.1. The van der Waals surface area contributed by atoms with Crippen LogP contribution in [-0.4, -0.2) is 7.05 Å². The summed E-state index contributed by atoms with van der Waals surface area (Å²) in [6.45, 7) is 0.948. The van der Waals surface area contributed by atoms with Crippen molar-refractivity contribution >= 4 is 15.9 Å². The Kier molecular flexibility index (Phi) is 2.70. The van der Waals surface area contributed by atoms with Crippen LogP contribution in [0.3, 0.4) is 0 Å². The molecule has 0 saturated heterocycles. The Morgan fingerprint density at radius 2 is 2.23 bits per heavy atom. The minimum absolute atomic E-state index is 0.831. The Morgan fingerprint density at radius 3 is 2.77 bits per heavy atom. The van der Waals surface area contributed by atoms with Crippen LogP contribution in [0.2, 0.25) is 0 Å². The van der Waals surface area contributed by atoms with Crippen molar-refractivity contribution in [1.82, 2.24) is 5.32 Å². The predicted molar refractivity (Wildman–Crippen MR) is 58.9 cm³/mol. The minimum Gasteiger partial charge on any atom is -0.316 e. The van der Waals surface area contributed by atoms with Gasteiger partial charge in [0.1, 0.15) is 0 Å². The van der Waals surface area contributed by atoms with Crippen molar-refractivity contribution in [3.8, 4) is 0 Å². The molecule has 0 amide bonds. The Labute approximate surface area is 87.7 Å². The molecule has 0 unspecified atom stereocenters. The smallest absolute Gasteiger partial charge is 0.0213 e. The molecule has 0 spiro atoms. The van der Waals surface area contributed by atoms with Crippen LogP contribution in [0.25, 0.3) is 0 Å². The van der Waals surface area contributed by atoms with Crippen LogP contribution < -0.4 is 5.32 Å². The zero-order chi connectivity index (χ0) is 9.26. The third-order valence-corrected chi connectivity index (χ3v) is 3.15. The van der Waals surface area contributed by atoms with E-state index in [1.54, 1.807) is 0 Å². The van der Waals surface area contributed by atoms with E-state index in [1.807, 2.05) is 7.05 Å². The molecule has 0 aromatic heterocycles. The van der Waals surface area contributed by atoms with Crippen LogP contribution in [-0.2, 0) is 6.54 Å². The van der Waals surface area contributed by atoms with Gasteiger partial charge < -0.3 is 5.32 Å². The normalized spacial score (nSPS) is 16.2. The van der Waals surface area contributed by atoms with E-state index in [-0.39, 0.29) is 0 Å². The molecular formula is C11H14BrN. The molecule has 1 saturated carbocycles.